The van der Waals surface area contributed by atoms with Crippen molar-refractivity contribution in [1.82, 2.24) is 4.98 Å². The summed E-state index contributed by atoms with van der Waals surface area (Å²) >= 11 is 2.76. The molecule has 0 radical (unpaired) electrons. The summed E-state index contributed by atoms with van der Waals surface area (Å²) in [5.74, 6) is -0.510. The van der Waals surface area contributed by atoms with Crippen molar-refractivity contribution in [3.05, 3.63) is 46.0 Å². The maximum absolute atomic E-state index is 13.1. The van der Waals surface area contributed by atoms with Crippen molar-refractivity contribution < 1.29 is 9.18 Å². The molecule has 96 valence electrons. The van der Waals surface area contributed by atoms with Gasteiger partial charge in [0.25, 0.3) is 5.91 Å². The van der Waals surface area contributed by atoms with Crippen LogP contribution in [0.25, 0.3) is 10.1 Å². The summed E-state index contributed by atoms with van der Waals surface area (Å²) in [4.78, 5) is 17.7. The third kappa shape index (κ3) is 2.50. The second kappa shape index (κ2) is 4.71. The second-order valence-electron chi connectivity index (χ2n) is 4.02. The highest BCUT2D eigenvalue weighted by molar-refractivity contribution is 7.21. The molecule has 19 heavy (non-hydrogen) atoms. The Hall–Kier alpha value is -1.79. The van der Waals surface area contributed by atoms with E-state index in [0.29, 0.717) is 10.0 Å². The third-order valence-electron chi connectivity index (χ3n) is 2.54. The Balaban J connectivity index is 1.89. The Kier molecular flexibility index (Phi) is 3.04. The first-order valence-electron chi connectivity index (χ1n) is 5.55. The molecule has 0 aliphatic carbocycles. The molecule has 0 bridgehead atoms. The number of anilines is 1. The van der Waals surface area contributed by atoms with Crippen LogP contribution < -0.4 is 5.32 Å². The molecule has 1 N–H and O–H groups in total. The number of thiazole rings is 1. The summed E-state index contributed by atoms with van der Waals surface area (Å²) in [5.41, 5.74) is 0. The maximum atomic E-state index is 13.1. The number of carbonyl (C=O) groups is 1. The fourth-order valence-electron chi connectivity index (χ4n) is 1.70. The average molecular weight is 292 g/mol. The summed E-state index contributed by atoms with van der Waals surface area (Å²) in [6.07, 6.45) is 1.71. The molecule has 0 spiro atoms. The molecule has 1 amide bonds. The smallest absolute Gasteiger partial charge is 0.267 e. The zero-order valence-electron chi connectivity index (χ0n) is 9.94. The van der Waals surface area contributed by atoms with Crippen molar-refractivity contribution in [2.24, 2.45) is 0 Å². The van der Waals surface area contributed by atoms with Crippen molar-refractivity contribution in [3.8, 4) is 0 Å². The average Bonchev–Trinajstić information content (AvgIpc) is 2.95. The van der Waals surface area contributed by atoms with E-state index in [1.54, 1.807) is 18.3 Å². The molecule has 2 aromatic heterocycles. The molecule has 0 aliphatic heterocycles. The minimum Gasteiger partial charge on any atom is -0.297 e. The standard InChI is InChI=1S/C13H9FN2OS2/c1-7-6-15-13(18-7)16-12(17)11-5-8-4-9(14)2-3-10(8)19-11/h2-6H,1H3,(H,15,16,17). The number of halogens is 1. The van der Waals surface area contributed by atoms with E-state index in [4.69, 9.17) is 0 Å². The number of aromatic nitrogens is 1. The van der Waals surface area contributed by atoms with Gasteiger partial charge in [0.1, 0.15) is 5.82 Å². The largest absolute Gasteiger partial charge is 0.297 e. The quantitative estimate of drug-likeness (QED) is 0.774. The highest BCUT2D eigenvalue weighted by atomic mass is 32.1. The number of nitrogens with one attached hydrogen (secondary N) is 1. The Morgan fingerprint density at radius 3 is 2.89 bits per heavy atom. The van der Waals surface area contributed by atoms with E-state index in [0.717, 1.165) is 15.0 Å². The first-order valence-corrected chi connectivity index (χ1v) is 7.18. The number of aryl methyl sites for hydroxylation is 1. The fraction of sp³-hybridized carbons (Fsp3) is 0.0769. The van der Waals surface area contributed by atoms with Gasteiger partial charge in [0, 0.05) is 15.8 Å². The molecule has 3 nitrogen and oxygen atoms in total. The van der Waals surface area contributed by atoms with E-state index in [2.05, 4.69) is 10.3 Å². The predicted octanol–water partition coefficient (Wildman–Crippen LogP) is 4.06. The van der Waals surface area contributed by atoms with E-state index < -0.39 is 0 Å². The molecule has 3 aromatic rings. The lowest BCUT2D eigenvalue weighted by Crippen LogP contribution is -2.09. The highest BCUT2D eigenvalue weighted by Gasteiger charge is 2.12. The van der Waals surface area contributed by atoms with Crippen molar-refractivity contribution >= 4 is 43.8 Å². The number of amides is 1. The molecular weight excluding hydrogens is 283 g/mol. The van der Waals surface area contributed by atoms with Gasteiger partial charge in [0.05, 0.1) is 4.88 Å². The molecule has 0 atom stereocenters. The fourth-order valence-corrected chi connectivity index (χ4v) is 3.30. The number of hydrogen-bond acceptors (Lipinski definition) is 4. The lowest BCUT2D eigenvalue weighted by Gasteiger charge is -1.96. The van der Waals surface area contributed by atoms with Crippen molar-refractivity contribution in [1.29, 1.82) is 0 Å². The molecule has 2 heterocycles. The van der Waals surface area contributed by atoms with Gasteiger partial charge in [-0.15, -0.1) is 22.7 Å². The number of carbonyl (C=O) groups excluding carboxylic acids is 1. The lowest BCUT2D eigenvalue weighted by atomic mass is 10.2. The lowest BCUT2D eigenvalue weighted by molar-refractivity contribution is 0.103. The van der Waals surface area contributed by atoms with Crippen LogP contribution in [0.15, 0.2) is 30.5 Å². The number of hydrogen-bond donors (Lipinski definition) is 1. The highest BCUT2D eigenvalue weighted by Crippen LogP contribution is 2.27. The predicted molar refractivity (Wildman–Crippen MR) is 76.6 cm³/mol. The van der Waals surface area contributed by atoms with E-state index in [1.165, 1.54) is 34.8 Å². The van der Waals surface area contributed by atoms with Gasteiger partial charge in [-0.2, -0.15) is 0 Å². The number of thiophene rings is 1. The minimum atomic E-state index is -0.298. The van der Waals surface area contributed by atoms with Gasteiger partial charge in [-0.1, -0.05) is 0 Å². The van der Waals surface area contributed by atoms with Crippen LogP contribution in [-0.2, 0) is 0 Å². The van der Waals surface area contributed by atoms with Gasteiger partial charge in [0.2, 0.25) is 0 Å². The van der Waals surface area contributed by atoms with Gasteiger partial charge in [-0.05, 0) is 36.6 Å². The number of benzene rings is 1. The van der Waals surface area contributed by atoms with Crippen LogP contribution >= 0.6 is 22.7 Å². The number of fused-ring (bicyclic) bond motifs is 1. The van der Waals surface area contributed by atoms with Crippen LogP contribution in [0.5, 0.6) is 0 Å². The molecule has 0 saturated heterocycles. The third-order valence-corrected chi connectivity index (χ3v) is 4.49. The van der Waals surface area contributed by atoms with Crippen molar-refractivity contribution in [3.63, 3.8) is 0 Å². The molecule has 0 aliphatic rings. The zero-order valence-corrected chi connectivity index (χ0v) is 11.6. The number of nitrogens with zero attached hydrogens (tertiary/aromatic N) is 1. The summed E-state index contributed by atoms with van der Waals surface area (Å²) < 4.78 is 14.0. The SMILES string of the molecule is Cc1cnc(NC(=O)c2cc3cc(F)ccc3s2)s1. The van der Waals surface area contributed by atoms with Gasteiger partial charge in [-0.25, -0.2) is 9.37 Å². The van der Waals surface area contributed by atoms with E-state index in [-0.39, 0.29) is 11.7 Å². The van der Waals surface area contributed by atoms with Crippen molar-refractivity contribution in [2.45, 2.75) is 6.92 Å². The summed E-state index contributed by atoms with van der Waals surface area (Å²) in [5, 5.41) is 4.06. The normalized spacial score (nSPS) is 10.8. The Bertz CT molecular complexity index is 763. The van der Waals surface area contributed by atoms with Crippen LogP contribution in [0.1, 0.15) is 14.5 Å². The van der Waals surface area contributed by atoms with E-state index in [9.17, 15) is 9.18 Å². The molecular formula is C13H9FN2OS2. The van der Waals surface area contributed by atoms with E-state index in [1.807, 2.05) is 6.92 Å². The first kappa shape index (κ1) is 12.3. The molecule has 1 aromatic carbocycles. The van der Waals surface area contributed by atoms with Crippen LogP contribution in [0.4, 0.5) is 9.52 Å². The molecule has 0 fully saturated rings. The topological polar surface area (TPSA) is 42.0 Å². The monoisotopic (exact) mass is 292 g/mol. The summed E-state index contributed by atoms with van der Waals surface area (Å²) in [7, 11) is 0. The summed E-state index contributed by atoms with van der Waals surface area (Å²) in [6.45, 7) is 1.93. The minimum absolute atomic E-state index is 0.212. The van der Waals surface area contributed by atoms with Gasteiger partial charge >= 0.3 is 0 Å². The van der Waals surface area contributed by atoms with Crippen LogP contribution in [0.3, 0.4) is 0 Å². The molecule has 3 rings (SSSR count). The molecule has 0 saturated carbocycles. The van der Waals surface area contributed by atoms with Gasteiger partial charge in [-0.3, -0.25) is 10.1 Å². The van der Waals surface area contributed by atoms with E-state index >= 15 is 0 Å². The van der Waals surface area contributed by atoms with Crippen LogP contribution in [0.2, 0.25) is 0 Å². The summed E-state index contributed by atoms with van der Waals surface area (Å²) in [6, 6.07) is 6.19. The van der Waals surface area contributed by atoms with Crippen LogP contribution in [-0.4, -0.2) is 10.9 Å². The van der Waals surface area contributed by atoms with Gasteiger partial charge in [0.15, 0.2) is 5.13 Å². The maximum Gasteiger partial charge on any atom is 0.267 e. The zero-order chi connectivity index (χ0) is 13.4. The molecule has 6 heteroatoms. The Morgan fingerprint density at radius 2 is 2.16 bits per heavy atom. The Labute approximate surface area is 116 Å². The second-order valence-corrected chi connectivity index (χ2v) is 6.34. The van der Waals surface area contributed by atoms with Crippen molar-refractivity contribution in [2.75, 3.05) is 5.32 Å². The number of rotatable bonds is 2. The van der Waals surface area contributed by atoms with Gasteiger partial charge < -0.3 is 0 Å². The van der Waals surface area contributed by atoms with Crippen LogP contribution in [0, 0.1) is 12.7 Å². The molecule has 0 unspecified atom stereocenters. The first-order chi connectivity index (χ1) is 9.11. The Morgan fingerprint density at radius 1 is 1.32 bits per heavy atom.